The van der Waals surface area contributed by atoms with Crippen LogP contribution in [0.5, 0.6) is 5.75 Å². The Morgan fingerprint density at radius 1 is 1.09 bits per heavy atom. The van der Waals surface area contributed by atoms with Crippen molar-refractivity contribution >= 4 is 44.8 Å². The van der Waals surface area contributed by atoms with E-state index in [4.69, 9.17) is 20.1 Å². The lowest BCUT2D eigenvalue weighted by Gasteiger charge is -2.31. The average molecular weight is 488 g/mol. The van der Waals surface area contributed by atoms with E-state index in [0.29, 0.717) is 39.8 Å². The molecule has 0 spiro atoms. The molecule has 0 saturated carbocycles. The van der Waals surface area contributed by atoms with Crippen LogP contribution in [0.25, 0.3) is 26.7 Å². The Labute approximate surface area is 200 Å². The molecular weight excluding hydrogens is 472 g/mol. The zero-order valence-electron chi connectivity index (χ0n) is 17.9. The van der Waals surface area contributed by atoms with Crippen LogP contribution in [0.15, 0.2) is 63.9 Å². The predicted octanol–water partition coefficient (Wildman–Crippen LogP) is 3.31. The Morgan fingerprint density at radius 2 is 1.91 bits per heavy atom. The molecule has 0 atom stereocenters. The molecule has 35 heavy (non-hydrogen) atoms. The summed E-state index contributed by atoms with van der Waals surface area (Å²) in [6.07, 6.45) is 0. The number of hydrogen-bond acceptors (Lipinski definition) is 10. The number of benzene rings is 2. The summed E-state index contributed by atoms with van der Waals surface area (Å²) >= 11 is 1.17. The van der Waals surface area contributed by atoms with Crippen LogP contribution in [0, 0.1) is 0 Å². The third kappa shape index (κ3) is 3.47. The van der Waals surface area contributed by atoms with Gasteiger partial charge in [0.05, 0.1) is 28.3 Å². The van der Waals surface area contributed by atoms with E-state index in [9.17, 15) is 9.59 Å². The molecule has 2 aromatic carbocycles. The molecule has 12 heteroatoms. The number of carboxylic acid groups (broad SMARTS) is 1. The first kappa shape index (κ1) is 20.9. The molecule has 6 rings (SSSR count). The number of aromatic carboxylic acids is 1. The fourth-order valence-electron chi connectivity index (χ4n) is 3.99. The number of thiophene rings is 1. The maximum atomic E-state index is 13.1. The minimum atomic E-state index is -1.33. The summed E-state index contributed by atoms with van der Waals surface area (Å²) in [5, 5.41) is 12.8. The molecule has 3 N–H and O–H groups in total. The molecule has 1 aliphatic heterocycles. The molecule has 174 valence electrons. The van der Waals surface area contributed by atoms with E-state index in [2.05, 4.69) is 20.0 Å². The van der Waals surface area contributed by atoms with Gasteiger partial charge in [0.25, 0.3) is 5.56 Å². The lowest BCUT2D eigenvalue weighted by molar-refractivity contribution is 0.0643. The third-order valence-corrected chi connectivity index (χ3v) is 6.55. The third-order valence-electron chi connectivity index (χ3n) is 5.54. The molecule has 4 heterocycles. The quantitative estimate of drug-likeness (QED) is 0.386. The van der Waals surface area contributed by atoms with E-state index in [1.165, 1.54) is 15.9 Å². The highest BCUT2D eigenvalue weighted by Gasteiger charge is 2.23. The Balaban J connectivity index is 1.52. The first-order chi connectivity index (χ1) is 17.0. The van der Waals surface area contributed by atoms with Crippen molar-refractivity contribution in [1.29, 1.82) is 0 Å². The first-order valence-corrected chi connectivity index (χ1v) is 11.3. The van der Waals surface area contributed by atoms with Gasteiger partial charge in [-0.2, -0.15) is 4.98 Å². The molecular formula is C23H16N6O5S. The monoisotopic (exact) mass is 488 g/mol. The van der Waals surface area contributed by atoms with E-state index in [1.54, 1.807) is 12.1 Å². The number of carbonyl (C=O) groups is 1. The van der Waals surface area contributed by atoms with Gasteiger partial charge in [0.15, 0.2) is 5.82 Å². The Kier molecular flexibility index (Phi) is 4.74. The van der Waals surface area contributed by atoms with Crippen molar-refractivity contribution in [3.63, 3.8) is 0 Å². The molecule has 3 aromatic heterocycles. The van der Waals surface area contributed by atoms with E-state index >= 15 is 0 Å². The maximum absolute atomic E-state index is 13.1. The van der Waals surface area contributed by atoms with Gasteiger partial charge in [0.2, 0.25) is 5.82 Å². The van der Waals surface area contributed by atoms with E-state index in [1.807, 2.05) is 42.5 Å². The van der Waals surface area contributed by atoms with Crippen LogP contribution in [-0.2, 0) is 0 Å². The summed E-state index contributed by atoms with van der Waals surface area (Å²) in [7, 11) is 0. The zero-order chi connectivity index (χ0) is 24.1. The Morgan fingerprint density at radius 3 is 2.69 bits per heavy atom. The number of anilines is 3. The fourth-order valence-corrected chi connectivity index (χ4v) is 4.94. The van der Waals surface area contributed by atoms with Crippen LogP contribution in [-0.4, -0.2) is 43.9 Å². The molecule has 0 fully saturated rings. The number of hydrogen-bond donors (Lipinski definition) is 2. The molecule has 0 aliphatic carbocycles. The standard InChI is InChI=1S/C23H16N6O5S/c24-18-22(30)29(15-11-17(35-21(15)25-18)19-26-20(23(31)32)34-27-19)13-6-7-16-14(10-13)28(8-9-33-16)12-4-2-1-3-5-12/h1-7,10-11H,8-9H2,(H2,24,25)(H,31,32). The highest BCUT2D eigenvalue weighted by atomic mass is 32.1. The Bertz CT molecular complexity index is 1660. The number of rotatable bonds is 4. The van der Waals surface area contributed by atoms with Crippen LogP contribution >= 0.6 is 11.3 Å². The van der Waals surface area contributed by atoms with Gasteiger partial charge >= 0.3 is 11.9 Å². The lowest BCUT2D eigenvalue weighted by Crippen LogP contribution is -2.29. The van der Waals surface area contributed by atoms with Crippen molar-refractivity contribution < 1.29 is 19.2 Å². The maximum Gasteiger partial charge on any atom is 0.394 e. The number of aromatic nitrogens is 4. The van der Waals surface area contributed by atoms with Gasteiger partial charge in [-0.05, 0) is 36.4 Å². The van der Waals surface area contributed by atoms with Gasteiger partial charge in [-0.15, -0.1) is 11.3 Å². The number of carboxylic acids is 1. The van der Waals surface area contributed by atoms with Crippen molar-refractivity contribution in [2.75, 3.05) is 23.8 Å². The molecule has 1 aliphatic rings. The van der Waals surface area contributed by atoms with E-state index in [0.717, 1.165) is 11.4 Å². The van der Waals surface area contributed by atoms with Gasteiger partial charge in [-0.1, -0.05) is 23.4 Å². The fraction of sp³-hybridized carbons (Fsp3) is 0.0870. The molecule has 0 radical (unpaired) electrons. The molecule has 5 aromatic rings. The van der Waals surface area contributed by atoms with Gasteiger partial charge < -0.3 is 25.0 Å². The molecule has 11 nitrogen and oxygen atoms in total. The zero-order valence-corrected chi connectivity index (χ0v) is 18.7. The Hall–Kier alpha value is -4.71. The van der Waals surface area contributed by atoms with Crippen molar-refractivity contribution in [1.82, 2.24) is 19.7 Å². The number of para-hydroxylation sites is 1. The van der Waals surface area contributed by atoms with Crippen LogP contribution < -0.4 is 20.9 Å². The van der Waals surface area contributed by atoms with Gasteiger partial charge in [0.1, 0.15) is 17.2 Å². The van der Waals surface area contributed by atoms with Gasteiger partial charge in [-0.25, -0.2) is 9.78 Å². The van der Waals surface area contributed by atoms with Crippen LogP contribution in [0.2, 0.25) is 0 Å². The molecule has 0 amide bonds. The minimum Gasteiger partial charge on any atom is -0.490 e. The summed E-state index contributed by atoms with van der Waals surface area (Å²) in [6.45, 7) is 1.18. The summed E-state index contributed by atoms with van der Waals surface area (Å²) in [6, 6.07) is 17.0. The average Bonchev–Trinajstić information content (AvgIpc) is 3.52. The number of nitrogen functional groups attached to an aromatic ring is 1. The highest BCUT2D eigenvalue weighted by molar-refractivity contribution is 7.21. The smallest absolute Gasteiger partial charge is 0.394 e. The molecule has 0 saturated heterocycles. The summed E-state index contributed by atoms with van der Waals surface area (Å²) in [5.41, 5.74) is 8.36. The van der Waals surface area contributed by atoms with Crippen molar-refractivity contribution in [3.05, 3.63) is 70.8 Å². The van der Waals surface area contributed by atoms with Crippen molar-refractivity contribution in [2.24, 2.45) is 0 Å². The van der Waals surface area contributed by atoms with Crippen LogP contribution in [0.3, 0.4) is 0 Å². The van der Waals surface area contributed by atoms with Crippen LogP contribution in [0.4, 0.5) is 17.2 Å². The second kappa shape index (κ2) is 7.95. The van der Waals surface area contributed by atoms with Gasteiger partial charge in [-0.3, -0.25) is 9.36 Å². The summed E-state index contributed by atoms with van der Waals surface area (Å²) in [5.74, 6) is -1.24. The number of nitrogens with zero attached hydrogens (tertiary/aromatic N) is 5. The summed E-state index contributed by atoms with van der Waals surface area (Å²) in [4.78, 5) is 35.4. The number of ether oxygens (including phenoxy) is 1. The van der Waals surface area contributed by atoms with E-state index < -0.39 is 17.4 Å². The first-order valence-electron chi connectivity index (χ1n) is 10.5. The topological polar surface area (TPSA) is 150 Å². The lowest BCUT2D eigenvalue weighted by atomic mass is 10.1. The second-order valence-electron chi connectivity index (χ2n) is 7.65. The van der Waals surface area contributed by atoms with Crippen molar-refractivity contribution in [3.8, 4) is 22.1 Å². The minimum absolute atomic E-state index is 0.0806. The molecule has 0 unspecified atom stereocenters. The van der Waals surface area contributed by atoms with Crippen molar-refractivity contribution in [2.45, 2.75) is 0 Å². The van der Waals surface area contributed by atoms with Gasteiger partial charge in [0, 0.05) is 5.69 Å². The largest absolute Gasteiger partial charge is 0.490 e. The van der Waals surface area contributed by atoms with E-state index in [-0.39, 0.29) is 11.6 Å². The highest BCUT2D eigenvalue weighted by Crippen LogP contribution is 2.39. The molecule has 0 bridgehead atoms. The predicted molar refractivity (Wildman–Crippen MR) is 129 cm³/mol. The van der Waals surface area contributed by atoms with Crippen LogP contribution in [0.1, 0.15) is 10.7 Å². The second-order valence-corrected chi connectivity index (χ2v) is 8.69. The summed E-state index contributed by atoms with van der Waals surface area (Å²) < 4.78 is 12.1. The number of fused-ring (bicyclic) bond motifs is 2. The normalized spacial score (nSPS) is 13.0. The SMILES string of the molecule is Nc1nc2sc(-c3noc(C(=O)O)n3)cc2n(-c2ccc3c(c2)N(c2ccccc2)CCO3)c1=O. The number of nitrogens with two attached hydrogens (primary N) is 1.